The van der Waals surface area contributed by atoms with Crippen LogP contribution in [0.3, 0.4) is 0 Å². The van der Waals surface area contributed by atoms with Gasteiger partial charge in [-0.25, -0.2) is 8.42 Å². The van der Waals surface area contributed by atoms with Crippen molar-refractivity contribution in [1.82, 2.24) is 4.31 Å². The highest BCUT2D eigenvalue weighted by Gasteiger charge is 2.37. The summed E-state index contributed by atoms with van der Waals surface area (Å²) < 4.78 is 67.1. The topological polar surface area (TPSA) is 77.9 Å². The summed E-state index contributed by atoms with van der Waals surface area (Å²) in [6.07, 6.45) is -4.35. The van der Waals surface area contributed by atoms with E-state index >= 15 is 0 Å². The van der Waals surface area contributed by atoms with Gasteiger partial charge in [0.25, 0.3) is 0 Å². The Balaban J connectivity index is 1.85. The maximum absolute atomic E-state index is 13.4. The first-order valence-corrected chi connectivity index (χ1v) is 12.1. The van der Waals surface area contributed by atoms with Gasteiger partial charge >= 0.3 is 12.1 Å². The van der Waals surface area contributed by atoms with Gasteiger partial charge in [0.15, 0.2) is 0 Å². The molecule has 1 aliphatic rings. The predicted molar refractivity (Wildman–Crippen MR) is 119 cm³/mol. The van der Waals surface area contributed by atoms with Crippen LogP contribution in [-0.2, 0) is 27.4 Å². The minimum absolute atomic E-state index is 0.0221. The van der Waals surface area contributed by atoms with Gasteiger partial charge in [0.2, 0.25) is 10.0 Å². The predicted octanol–water partition coefficient (Wildman–Crippen LogP) is 4.58. The average molecular weight is 505 g/mol. The first kappa shape index (κ1) is 25.3. The number of piperazine rings is 1. The summed E-state index contributed by atoms with van der Waals surface area (Å²) in [6.45, 7) is 4.23. The van der Waals surface area contributed by atoms with Crippen LogP contribution in [0.2, 0.25) is 5.02 Å². The van der Waals surface area contributed by atoms with Crippen molar-refractivity contribution in [2.24, 2.45) is 0 Å². The van der Waals surface area contributed by atoms with E-state index in [2.05, 4.69) is 0 Å². The van der Waals surface area contributed by atoms with E-state index in [9.17, 15) is 26.4 Å². The minimum atomic E-state index is -4.55. The van der Waals surface area contributed by atoms with Crippen LogP contribution in [0.5, 0.6) is 0 Å². The van der Waals surface area contributed by atoms with Crippen LogP contribution in [0.15, 0.2) is 41.3 Å². The van der Waals surface area contributed by atoms with Crippen LogP contribution >= 0.6 is 11.6 Å². The zero-order chi connectivity index (χ0) is 24.6. The Hall–Kier alpha value is -2.30. The van der Waals surface area contributed by atoms with Crippen LogP contribution in [0.25, 0.3) is 0 Å². The minimum Gasteiger partial charge on any atom is -0.481 e. The number of aryl methyl sites for hydroxylation is 1. The molecular formula is C22H24ClF3N2O4S. The summed E-state index contributed by atoms with van der Waals surface area (Å²) in [4.78, 5) is 13.0. The Bertz CT molecular complexity index is 1150. The molecule has 180 valence electrons. The van der Waals surface area contributed by atoms with Gasteiger partial charge in [-0.3, -0.25) is 4.79 Å². The molecule has 2 aromatic carbocycles. The Morgan fingerprint density at radius 2 is 1.88 bits per heavy atom. The second kappa shape index (κ2) is 9.52. The molecule has 1 saturated heterocycles. The van der Waals surface area contributed by atoms with E-state index in [0.717, 1.165) is 6.07 Å². The Morgan fingerprint density at radius 1 is 1.18 bits per heavy atom. The molecule has 0 aromatic heterocycles. The number of benzene rings is 2. The third-order valence-electron chi connectivity index (χ3n) is 5.79. The van der Waals surface area contributed by atoms with Crippen molar-refractivity contribution in [2.75, 3.05) is 24.5 Å². The monoisotopic (exact) mass is 504 g/mol. The normalized spacial score (nSPS) is 17.9. The molecule has 6 nitrogen and oxygen atoms in total. The summed E-state index contributed by atoms with van der Waals surface area (Å²) in [5.41, 5.74) is 0.683. The molecule has 0 amide bonds. The van der Waals surface area contributed by atoms with Crippen molar-refractivity contribution < 1.29 is 31.5 Å². The molecule has 11 heteroatoms. The largest absolute Gasteiger partial charge is 0.481 e. The highest BCUT2D eigenvalue weighted by atomic mass is 35.5. The fraction of sp³-hybridized carbons (Fsp3) is 0.409. The molecule has 0 radical (unpaired) electrons. The molecule has 1 N–H and O–H groups in total. The second-order valence-corrected chi connectivity index (χ2v) is 10.2. The number of rotatable bonds is 6. The molecule has 3 rings (SSSR count). The molecule has 0 aliphatic carbocycles. The number of hydrogen-bond acceptors (Lipinski definition) is 4. The van der Waals surface area contributed by atoms with Gasteiger partial charge < -0.3 is 10.0 Å². The van der Waals surface area contributed by atoms with E-state index in [1.54, 1.807) is 13.0 Å². The van der Waals surface area contributed by atoms with Gasteiger partial charge in [-0.05, 0) is 54.8 Å². The SMILES string of the molecule is CCC1CN(c2ccc(C(F)(F)F)c(Cl)c2)CCN1S(=O)(=O)c1ccc(C)c(CC(=O)O)c1. The number of sulfonamides is 1. The lowest BCUT2D eigenvalue weighted by molar-refractivity contribution is -0.138. The van der Waals surface area contributed by atoms with Gasteiger partial charge in [-0.2, -0.15) is 17.5 Å². The molecule has 0 spiro atoms. The Labute approximate surface area is 195 Å². The maximum Gasteiger partial charge on any atom is 0.417 e. The van der Waals surface area contributed by atoms with Crippen LogP contribution in [0.1, 0.15) is 30.0 Å². The first-order valence-electron chi connectivity index (χ1n) is 10.3. The molecular weight excluding hydrogens is 481 g/mol. The van der Waals surface area contributed by atoms with Crippen molar-refractivity contribution in [1.29, 1.82) is 0 Å². The highest BCUT2D eigenvalue weighted by Crippen LogP contribution is 2.37. The van der Waals surface area contributed by atoms with Crippen LogP contribution in [-0.4, -0.2) is 49.5 Å². The van der Waals surface area contributed by atoms with Crippen molar-refractivity contribution in [3.05, 3.63) is 58.1 Å². The van der Waals surface area contributed by atoms with Crippen molar-refractivity contribution in [2.45, 2.75) is 43.8 Å². The zero-order valence-corrected chi connectivity index (χ0v) is 19.6. The molecule has 0 bridgehead atoms. The molecule has 33 heavy (non-hydrogen) atoms. The summed E-state index contributed by atoms with van der Waals surface area (Å²) in [5, 5.41) is 8.69. The molecule has 1 unspecified atom stereocenters. The summed E-state index contributed by atoms with van der Waals surface area (Å²) >= 11 is 5.85. The zero-order valence-electron chi connectivity index (χ0n) is 18.1. The number of carbonyl (C=O) groups is 1. The Kier molecular flexibility index (Phi) is 7.30. The highest BCUT2D eigenvalue weighted by molar-refractivity contribution is 7.89. The lowest BCUT2D eigenvalue weighted by Crippen LogP contribution is -2.55. The van der Waals surface area contributed by atoms with E-state index < -0.39 is 38.8 Å². The molecule has 1 fully saturated rings. The first-order chi connectivity index (χ1) is 15.3. The summed E-state index contributed by atoms with van der Waals surface area (Å²) in [5.74, 6) is -1.05. The Morgan fingerprint density at radius 3 is 2.45 bits per heavy atom. The fourth-order valence-corrected chi connectivity index (χ4v) is 5.96. The third-order valence-corrected chi connectivity index (χ3v) is 8.05. The van der Waals surface area contributed by atoms with E-state index in [-0.39, 0.29) is 31.0 Å². The van der Waals surface area contributed by atoms with E-state index in [1.807, 2.05) is 11.8 Å². The van der Waals surface area contributed by atoms with Crippen molar-refractivity contribution >= 4 is 33.3 Å². The van der Waals surface area contributed by atoms with E-state index in [0.29, 0.717) is 23.2 Å². The lowest BCUT2D eigenvalue weighted by atomic mass is 10.1. The molecule has 1 atom stereocenters. The van der Waals surface area contributed by atoms with Gasteiger partial charge in [0.1, 0.15) is 0 Å². The van der Waals surface area contributed by atoms with Gasteiger partial charge in [-0.15, -0.1) is 0 Å². The third kappa shape index (κ3) is 5.44. The fourth-order valence-electron chi connectivity index (χ4n) is 3.95. The number of hydrogen-bond donors (Lipinski definition) is 1. The van der Waals surface area contributed by atoms with E-state index in [1.165, 1.54) is 28.6 Å². The molecule has 2 aromatic rings. The second-order valence-electron chi connectivity index (χ2n) is 7.94. The number of anilines is 1. The van der Waals surface area contributed by atoms with Gasteiger partial charge in [-0.1, -0.05) is 24.6 Å². The summed E-state index contributed by atoms with van der Waals surface area (Å²) in [7, 11) is -3.90. The van der Waals surface area contributed by atoms with Crippen LogP contribution in [0, 0.1) is 6.92 Å². The number of carboxylic acid groups (broad SMARTS) is 1. The molecule has 1 heterocycles. The number of carboxylic acids is 1. The number of halogens is 4. The standard InChI is InChI=1S/C22H24ClF3N2O4S/c1-3-16-13-27(17-5-7-19(20(23)12-17)22(24,25)26)8-9-28(16)33(31,32)18-6-4-14(2)15(10-18)11-21(29)30/h4-7,10,12,16H,3,8-9,11,13H2,1-2H3,(H,29,30). The quantitative estimate of drug-likeness (QED) is 0.623. The number of aliphatic carboxylic acids is 1. The molecule has 0 saturated carbocycles. The smallest absolute Gasteiger partial charge is 0.417 e. The maximum atomic E-state index is 13.4. The lowest BCUT2D eigenvalue weighted by Gasteiger charge is -2.41. The average Bonchev–Trinajstić information content (AvgIpc) is 2.73. The summed E-state index contributed by atoms with van der Waals surface area (Å²) in [6, 6.07) is 7.54. The van der Waals surface area contributed by atoms with Gasteiger partial charge in [0, 0.05) is 31.4 Å². The van der Waals surface area contributed by atoms with Gasteiger partial charge in [0.05, 0.1) is 21.9 Å². The van der Waals surface area contributed by atoms with Crippen LogP contribution in [0.4, 0.5) is 18.9 Å². The van der Waals surface area contributed by atoms with Crippen molar-refractivity contribution in [3.63, 3.8) is 0 Å². The molecule has 1 aliphatic heterocycles. The van der Waals surface area contributed by atoms with Crippen molar-refractivity contribution in [3.8, 4) is 0 Å². The number of alkyl halides is 3. The van der Waals surface area contributed by atoms with E-state index in [4.69, 9.17) is 16.7 Å². The number of nitrogens with zero attached hydrogens (tertiary/aromatic N) is 2. The van der Waals surface area contributed by atoms with Crippen LogP contribution < -0.4 is 4.90 Å².